The molecule has 4 aromatic rings. The van der Waals surface area contributed by atoms with Gasteiger partial charge in [0, 0.05) is 30.6 Å². The molecule has 1 unspecified atom stereocenters. The van der Waals surface area contributed by atoms with Crippen LogP contribution in [0.1, 0.15) is 34.6 Å². The molecule has 0 bridgehead atoms. The summed E-state index contributed by atoms with van der Waals surface area (Å²) in [5.41, 5.74) is 6.15. The summed E-state index contributed by atoms with van der Waals surface area (Å²) >= 11 is 0. The Hall–Kier alpha value is -5.04. The van der Waals surface area contributed by atoms with Gasteiger partial charge in [0.25, 0.3) is 11.5 Å². The van der Waals surface area contributed by atoms with E-state index in [0.717, 1.165) is 12.1 Å². The van der Waals surface area contributed by atoms with Gasteiger partial charge in [-0.25, -0.2) is 18.5 Å². The molecule has 0 fully saturated rings. The van der Waals surface area contributed by atoms with Crippen LogP contribution in [0.25, 0.3) is 16.5 Å². The van der Waals surface area contributed by atoms with Crippen molar-refractivity contribution in [3.63, 3.8) is 0 Å². The van der Waals surface area contributed by atoms with Gasteiger partial charge >= 0.3 is 0 Å². The predicted molar refractivity (Wildman–Crippen MR) is 139 cm³/mol. The number of terminal acetylenes is 1. The number of halogens is 2. The smallest absolute Gasteiger partial charge is 0.264 e. The van der Waals surface area contributed by atoms with Crippen molar-refractivity contribution in [1.82, 2.24) is 19.7 Å². The summed E-state index contributed by atoms with van der Waals surface area (Å²) in [6, 6.07) is 8.96. The van der Waals surface area contributed by atoms with Crippen LogP contribution in [0.5, 0.6) is 0 Å². The second-order valence-electron chi connectivity index (χ2n) is 8.14. The lowest BCUT2D eigenvalue weighted by atomic mass is 10.0. The number of rotatable bonds is 6. The zero-order valence-corrected chi connectivity index (χ0v) is 20.0. The van der Waals surface area contributed by atoms with Crippen LogP contribution in [0.2, 0.25) is 0 Å². The molecule has 0 saturated carbocycles. The first-order valence-corrected chi connectivity index (χ1v) is 11.1. The summed E-state index contributed by atoms with van der Waals surface area (Å²) in [6.45, 7) is 5.20. The molecule has 2 heterocycles. The van der Waals surface area contributed by atoms with Gasteiger partial charge in [0.15, 0.2) is 23.3 Å². The van der Waals surface area contributed by atoms with E-state index in [0.29, 0.717) is 16.6 Å². The highest BCUT2D eigenvalue weighted by Crippen LogP contribution is 2.27. The number of carbonyl (C=O) groups excluding carboxylic acids is 1. The first kappa shape index (κ1) is 25.1. The van der Waals surface area contributed by atoms with Crippen molar-refractivity contribution in [2.24, 2.45) is 12.0 Å². The number of allylic oxidation sites excluding steroid dienone is 1. The van der Waals surface area contributed by atoms with Crippen molar-refractivity contribution < 1.29 is 13.6 Å². The van der Waals surface area contributed by atoms with Crippen LogP contribution in [0.15, 0.2) is 64.9 Å². The molecular weight excluding hydrogens is 478 g/mol. The van der Waals surface area contributed by atoms with Crippen molar-refractivity contribution in [2.75, 3.05) is 5.73 Å². The molecule has 2 aromatic heterocycles. The summed E-state index contributed by atoms with van der Waals surface area (Å²) < 4.78 is 30.4. The number of aryl methyl sites for hydroxylation is 1. The number of nitrogens with one attached hydrogen (secondary N) is 1. The Kier molecular flexibility index (Phi) is 6.71. The van der Waals surface area contributed by atoms with E-state index in [1.165, 1.54) is 27.6 Å². The zero-order valence-electron chi connectivity index (χ0n) is 20.0. The second kappa shape index (κ2) is 9.91. The monoisotopic (exact) mass is 500 g/mol. The summed E-state index contributed by atoms with van der Waals surface area (Å²) in [4.78, 5) is 31.1. The van der Waals surface area contributed by atoms with Crippen LogP contribution in [-0.4, -0.2) is 26.5 Å². The van der Waals surface area contributed by atoms with Gasteiger partial charge in [-0.15, -0.1) is 6.42 Å². The molecule has 1 amide bonds. The highest BCUT2D eigenvalue weighted by Gasteiger charge is 2.25. The van der Waals surface area contributed by atoms with E-state index < -0.39 is 29.1 Å². The van der Waals surface area contributed by atoms with E-state index in [9.17, 15) is 18.4 Å². The van der Waals surface area contributed by atoms with E-state index in [4.69, 9.17) is 12.2 Å². The molecule has 186 valence electrons. The van der Waals surface area contributed by atoms with Crippen molar-refractivity contribution in [2.45, 2.75) is 13.0 Å². The lowest BCUT2D eigenvalue weighted by Crippen LogP contribution is -2.32. The molecular formula is C27H22F2N6O2. The Morgan fingerprint density at radius 1 is 1.27 bits per heavy atom. The highest BCUT2D eigenvalue weighted by molar-refractivity contribution is 6.03. The minimum atomic E-state index is -1.13. The third-order valence-corrected chi connectivity index (χ3v) is 5.76. The first-order chi connectivity index (χ1) is 17.7. The van der Waals surface area contributed by atoms with Crippen molar-refractivity contribution in [1.29, 1.82) is 0 Å². The minimum absolute atomic E-state index is 0.0320. The summed E-state index contributed by atoms with van der Waals surface area (Å²) in [6.07, 6.45) is 8.44. The predicted octanol–water partition coefficient (Wildman–Crippen LogP) is 3.95. The number of hydrogen-bond donors (Lipinski definition) is 2. The third kappa shape index (κ3) is 4.50. The molecule has 4 rings (SSSR count). The fourth-order valence-corrected chi connectivity index (χ4v) is 4.08. The molecule has 0 spiro atoms. The standard InChI is InChI=1S/C27H22F2N6O2/c1-5-12-31-25-23(24(30)33-34(25)4)26(36)32-15(3)21-13-17-9-7-8-16(6-2)22(17)27(37)35(21)18-10-11-19(28)20(29)14-18/h2,5,7-15H,1H2,3-4H3,(H2,30,33)(H,32,36)/b31-12-. The number of carbonyl (C=O) groups is 1. The second-order valence-corrected chi connectivity index (χ2v) is 8.14. The number of pyridine rings is 1. The number of nitrogens with two attached hydrogens (primary N) is 1. The van der Waals surface area contributed by atoms with Crippen molar-refractivity contribution in [3.8, 4) is 18.0 Å². The number of aromatic nitrogens is 3. The van der Waals surface area contributed by atoms with Gasteiger partial charge in [0.1, 0.15) is 5.56 Å². The molecule has 0 aliphatic heterocycles. The van der Waals surface area contributed by atoms with E-state index in [1.54, 1.807) is 38.2 Å². The lowest BCUT2D eigenvalue weighted by molar-refractivity contribution is 0.0940. The van der Waals surface area contributed by atoms with Crippen LogP contribution in [-0.2, 0) is 7.05 Å². The Morgan fingerprint density at radius 2 is 2.03 bits per heavy atom. The van der Waals surface area contributed by atoms with Crippen LogP contribution < -0.4 is 16.6 Å². The third-order valence-electron chi connectivity index (χ3n) is 5.76. The number of aliphatic imine (C=N–C) groups is 1. The van der Waals surface area contributed by atoms with Crippen LogP contribution in [0.3, 0.4) is 0 Å². The average molecular weight is 501 g/mol. The van der Waals surface area contributed by atoms with Gasteiger partial charge in [-0.1, -0.05) is 30.7 Å². The number of amides is 1. The maximum atomic E-state index is 14.2. The van der Waals surface area contributed by atoms with Gasteiger partial charge in [-0.05, 0) is 36.6 Å². The van der Waals surface area contributed by atoms with Gasteiger partial charge in [0.05, 0.1) is 17.1 Å². The summed E-state index contributed by atoms with van der Waals surface area (Å²) in [5, 5.41) is 7.61. The van der Waals surface area contributed by atoms with Gasteiger partial charge in [-0.2, -0.15) is 5.10 Å². The maximum absolute atomic E-state index is 14.2. The minimum Gasteiger partial charge on any atom is -0.381 e. The van der Waals surface area contributed by atoms with E-state index in [-0.39, 0.29) is 28.3 Å². The molecule has 37 heavy (non-hydrogen) atoms. The quantitative estimate of drug-likeness (QED) is 0.309. The molecule has 10 heteroatoms. The Morgan fingerprint density at radius 3 is 2.70 bits per heavy atom. The Bertz CT molecular complexity index is 1690. The molecule has 8 nitrogen and oxygen atoms in total. The molecule has 3 N–H and O–H groups in total. The highest BCUT2D eigenvalue weighted by atomic mass is 19.2. The average Bonchev–Trinajstić information content (AvgIpc) is 3.16. The zero-order chi connectivity index (χ0) is 26.9. The molecule has 1 atom stereocenters. The molecule has 0 aliphatic carbocycles. The number of nitrogen functional groups attached to an aromatic ring is 1. The van der Waals surface area contributed by atoms with Crippen molar-refractivity contribution >= 4 is 34.5 Å². The fraction of sp³-hybridized carbons (Fsp3) is 0.111. The molecule has 0 saturated heterocycles. The largest absolute Gasteiger partial charge is 0.381 e. The number of benzene rings is 2. The van der Waals surface area contributed by atoms with E-state index >= 15 is 0 Å². The van der Waals surface area contributed by atoms with E-state index in [2.05, 4.69) is 27.9 Å². The number of hydrogen-bond acceptors (Lipinski definition) is 5. The van der Waals surface area contributed by atoms with Gasteiger partial charge in [0.2, 0.25) is 0 Å². The van der Waals surface area contributed by atoms with Gasteiger partial charge in [-0.3, -0.25) is 14.2 Å². The number of nitrogens with zero attached hydrogens (tertiary/aromatic N) is 4. The lowest BCUT2D eigenvalue weighted by Gasteiger charge is -2.21. The molecule has 0 aliphatic rings. The Balaban J connectivity index is 1.89. The number of anilines is 1. The Labute approximate surface area is 210 Å². The van der Waals surface area contributed by atoms with Gasteiger partial charge < -0.3 is 11.1 Å². The normalized spacial score (nSPS) is 12.0. The molecule has 2 aromatic carbocycles. The topological polar surface area (TPSA) is 107 Å². The van der Waals surface area contributed by atoms with Crippen LogP contribution >= 0.6 is 0 Å². The summed E-state index contributed by atoms with van der Waals surface area (Å²) in [5.74, 6) is -0.154. The van der Waals surface area contributed by atoms with Crippen LogP contribution in [0, 0.1) is 24.0 Å². The fourth-order valence-electron chi connectivity index (χ4n) is 4.08. The van der Waals surface area contributed by atoms with Crippen molar-refractivity contribution in [3.05, 3.63) is 93.9 Å². The first-order valence-electron chi connectivity index (χ1n) is 11.1. The van der Waals surface area contributed by atoms with E-state index in [1.807, 2.05) is 0 Å². The van der Waals surface area contributed by atoms with Crippen LogP contribution in [0.4, 0.5) is 20.4 Å². The molecule has 0 radical (unpaired) electrons. The summed E-state index contributed by atoms with van der Waals surface area (Å²) in [7, 11) is 1.58. The maximum Gasteiger partial charge on any atom is 0.264 e. The number of fused-ring (bicyclic) bond motifs is 1. The SMILES string of the molecule is C#Cc1cccc2cc(C(C)NC(=O)c3c(N)nn(C)c3/N=C\C=C)n(-c3ccc(F)c(F)c3)c(=O)c12.